The maximum Gasteiger partial charge on any atom is 0.161 e. The summed E-state index contributed by atoms with van der Waals surface area (Å²) in [6.07, 6.45) is 9.16. The molecule has 0 aromatic carbocycles. The summed E-state index contributed by atoms with van der Waals surface area (Å²) in [5.74, 6) is 2.00. The number of carbonyl (C=O) groups is 1. The Morgan fingerprint density at radius 3 is 2.33 bits per heavy atom. The van der Waals surface area contributed by atoms with Crippen molar-refractivity contribution in [2.45, 2.75) is 45.4 Å². The number of carbonyl (C=O) groups excluding carboxylic acids is 1. The van der Waals surface area contributed by atoms with Crippen LogP contribution in [0.25, 0.3) is 0 Å². The molecule has 2 unspecified atom stereocenters. The maximum absolute atomic E-state index is 12.1. The van der Waals surface area contributed by atoms with E-state index < -0.39 is 0 Å². The van der Waals surface area contributed by atoms with Crippen LogP contribution in [-0.4, -0.2) is 5.78 Å². The van der Waals surface area contributed by atoms with Crippen LogP contribution in [0, 0.1) is 22.7 Å². The Labute approximate surface area is 91.9 Å². The van der Waals surface area contributed by atoms with Gasteiger partial charge in [0.05, 0.1) is 0 Å². The number of rotatable bonds is 2. The molecule has 0 N–H and O–H groups in total. The van der Waals surface area contributed by atoms with Gasteiger partial charge in [0.25, 0.3) is 0 Å². The van der Waals surface area contributed by atoms with Gasteiger partial charge in [-0.05, 0) is 61.9 Å². The second kappa shape index (κ2) is 2.75. The van der Waals surface area contributed by atoms with E-state index >= 15 is 0 Å². The van der Waals surface area contributed by atoms with Gasteiger partial charge in [0, 0.05) is 5.41 Å². The molecule has 4 bridgehead atoms. The zero-order chi connectivity index (χ0) is 10.7. The van der Waals surface area contributed by atoms with Crippen molar-refractivity contribution < 1.29 is 4.79 Å². The van der Waals surface area contributed by atoms with Gasteiger partial charge in [0.15, 0.2) is 5.78 Å². The van der Waals surface area contributed by atoms with Crippen molar-refractivity contribution in [3.63, 3.8) is 0 Å². The quantitative estimate of drug-likeness (QED) is 0.630. The molecular weight excluding hydrogens is 184 g/mol. The zero-order valence-corrected chi connectivity index (χ0v) is 9.59. The van der Waals surface area contributed by atoms with E-state index in [1.807, 2.05) is 0 Å². The molecule has 4 fully saturated rings. The van der Waals surface area contributed by atoms with Crippen LogP contribution in [0.3, 0.4) is 0 Å². The summed E-state index contributed by atoms with van der Waals surface area (Å²) in [6.45, 7) is 6.09. The fourth-order valence-electron chi connectivity index (χ4n) is 5.23. The Balaban J connectivity index is 1.99. The molecule has 0 aromatic rings. The molecule has 4 aliphatic rings. The zero-order valence-electron chi connectivity index (χ0n) is 9.59. The van der Waals surface area contributed by atoms with E-state index in [-0.39, 0.29) is 5.41 Å². The summed E-state index contributed by atoms with van der Waals surface area (Å²) in [7, 11) is 0. The minimum Gasteiger partial charge on any atom is -0.294 e. The van der Waals surface area contributed by atoms with E-state index in [2.05, 4.69) is 13.5 Å². The average molecular weight is 204 g/mol. The molecule has 0 amide bonds. The highest BCUT2D eigenvalue weighted by atomic mass is 16.1. The lowest BCUT2D eigenvalue weighted by Crippen LogP contribution is -2.53. The van der Waals surface area contributed by atoms with Gasteiger partial charge >= 0.3 is 0 Å². The van der Waals surface area contributed by atoms with Crippen LogP contribution in [0.15, 0.2) is 12.7 Å². The van der Waals surface area contributed by atoms with E-state index in [0.29, 0.717) is 11.2 Å². The molecule has 1 nitrogen and oxygen atoms in total. The summed E-state index contributed by atoms with van der Waals surface area (Å²) < 4.78 is 0. The first kappa shape index (κ1) is 9.62. The van der Waals surface area contributed by atoms with Crippen molar-refractivity contribution in [3.8, 4) is 0 Å². The highest BCUT2D eigenvalue weighted by molar-refractivity contribution is 5.94. The fourth-order valence-corrected chi connectivity index (χ4v) is 5.23. The van der Waals surface area contributed by atoms with Crippen LogP contribution >= 0.6 is 0 Å². The molecule has 0 saturated heterocycles. The molecule has 4 aliphatic carbocycles. The molecule has 0 heterocycles. The molecule has 0 aliphatic heterocycles. The Hall–Kier alpha value is -0.590. The number of ketones is 1. The smallest absolute Gasteiger partial charge is 0.161 e. The number of hydrogen-bond acceptors (Lipinski definition) is 1. The normalized spacial score (nSPS) is 51.8. The van der Waals surface area contributed by atoms with Gasteiger partial charge in [-0.25, -0.2) is 0 Å². The Kier molecular flexibility index (Phi) is 1.76. The van der Waals surface area contributed by atoms with Crippen molar-refractivity contribution in [1.29, 1.82) is 0 Å². The molecule has 15 heavy (non-hydrogen) atoms. The molecule has 82 valence electrons. The fraction of sp³-hybridized carbons (Fsp3) is 0.786. The van der Waals surface area contributed by atoms with Crippen LogP contribution < -0.4 is 0 Å². The predicted molar refractivity (Wildman–Crippen MR) is 60.4 cm³/mol. The van der Waals surface area contributed by atoms with Crippen molar-refractivity contribution in [1.82, 2.24) is 0 Å². The van der Waals surface area contributed by atoms with Gasteiger partial charge in [0.1, 0.15) is 0 Å². The molecule has 1 heteroatoms. The van der Waals surface area contributed by atoms with E-state index in [4.69, 9.17) is 0 Å². The topological polar surface area (TPSA) is 17.1 Å². The molecule has 4 saturated carbocycles. The first-order valence-corrected chi connectivity index (χ1v) is 6.22. The molecular formula is C14H20O. The van der Waals surface area contributed by atoms with Gasteiger partial charge in [-0.15, -0.1) is 0 Å². The maximum atomic E-state index is 12.1. The monoisotopic (exact) mass is 204 g/mol. The van der Waals surface area contributed by atoms with Crippen LogP contribution in [0.1, 0.15) is 45.4 Å². The van der Waals surface area contributed by atoms with E-state index in [0.717, 1.165) is 31.1 Å². The van der Waals surface area contributed by atoms with Crippen molar-refractivity contribution >= 4 is 5.78 Å². The van der Waals surface area contributed by atoms with Gasteiger partial charge in [-0.2, -0.15) is 0 Å². The Morgan fingerprint density at radius 1 is 1.27 bits per heavy atom. The van der Waals surface area contributed by atoms with Gasteiger partial charge in [-0.1, -0.05) is 13.5 Å². The van der Waals surface area contributed by atoms with Gasteiger partial charge in [0.2, 0.25) is 0 Å². The van der Waals surface area contributed by atoms with Crippen LogP contribution in [0.5, 0.6) is 0 Å². The summed E-state index contributed by atoms with van der Waals surface area (Å²) in [4.78, 5) is 12.1. The Bertz CT molecular complexity index is 314. The molecule has 0 radical (unpaired) electrons. The molecule has 2 atom stereocenters. The lowest BCUT2D eigenvalue weighted by molar-refractivity contribution is -0.147. The third-order valence-corrected chi connectivity index (χ3v) is 5.06. The third kappa shape index (κ3) is 1.25. The van der Waals surface area contributed by atoms with E-state index in [9.17, 15) is 4.79 Å². The molecule has 0 aromatic heterocycles. The molecule has 4 rings (SSSR count). The Morgan fingerprint density at radius 2 is 1.87 bits per heavy atom. The van der Waals surface area contributed by atoms with Gasteiger partial charge in [-0.3, -0.25) is 4.79 Å². The van der Waals surface area contributed by atoms with Gasteiger partial charge < -0.3 is 0 Å². The van der Waals surface area contributed by atoms with Crippen LogP contribution in [-0.2, 0) is 4.79 Å². The van der Waals surface area contributed by atoms with Crippen LogP contribution in [0.4, 0.5) is 0 Å². The summed E-state index contributed by atoms with van der Waals surface area (Å²) in [6, 6.07) is 0. The minimum atomic E-state index is 0.0145. The first-order chi connectivity index (χ1) is 7.05. The standard InChI is InChI=1S/C14H20O/c1-3-12(15)14-7-10-4-11(8-14)6-13(2,5-10)9-14/h3,10-11H,1,4-9H2,2H3. The average Bonchev–Trinajstić information content (AvgIpc) is 2.12. The molecule has 0 spiro atoms. The van der Waals surface area contributed by atoms with Crippen molar-refractivity contribution in [2.24, 2.45) is 22.7 Å². The third-order valence-electron chi connectivity index (χ3n) is 5.06. The summed E-state index contributed by atoms with van der Waals surface area (Å²) >= 11 is 0. The lowest BCUT2D eigenvalue weighted by atomic mass is 9.44. The summed E-state index contributed by atoms with van der Waals surface area (Å²) in [5.41, 5.74) is 0.489. The summed E-state index contributed by atoms with van der Waals surface area (Å²) in [5, 5.41) is 0. The first-order valence-electron chi connectivity index (χ1n) is 6.22. The number of allylic oxidation sites excluding steroid dienone is 1. The second-order valence-electron chi connectivity index (χ2n) is 6.62. The van der Waals surface area contributed by atoms with E-state index in [1.54, 1.807) is 6.08 Å². The highest BCUT2D eigenvalue weighted by Crippen LogP contribution is 2.65. The highest BCUT2D eigenvalue weighted by Gasteiger charge is 2.57. The predicted octanol–water partition coefficient (Wildman–Crippen LogP) is 3.35. The van der Waals surface area contributed by atoms with Crippen molar-refractivity contribution in [3.05, 3.63) is 12.7 Å². The largest absolute Gasteiger partial charge is 0.294 e. The minimum absolute atomic E-state index is 0.0145. The van der Waals surface area contributed by atoms with Crippen LogP contribution in [0.2, 0.25) is 0 Å². The van der Waals surface area contributed by atoms with Crippen molar-refractivity contribution in [2.75, 3.05) is 0 Å². The SMILES string of the molecule is C=CC(=O)C12CC3CC(CC(C)(C3)C1)C2. The number of hydrogen-bond donors (Lipinski definition) is 0. The van der Waals surface area contributed by atoms with E-state index in [1.165, 1.54) is 19.3 Å². The second-order valence-corrected chi connectivity index (χ2v) is 6.62. The lowest BCUT2D eigenvalue weighted by Gasteiger charge is -2.60.